The van der Waals surface area contributed by atoms with Crippen LogP contribution in [0.5, 0.6) is 5.75 Å². The van der Waals surface area contributed by atoms with Gasteiger partial charge in [-0.05, 0) is 37.3 Å². The van der Waals surface area contributed by atoms with Gasteiger partial charge in [-0.25, -0.2) is 4.68 Å². The molecule has 0 fully saturated rings. The van der Waals surface area contributed by atoms with Gasteiger partial charge in [0.2, 0.25) is 0 Å². The Bertz CT molecular complexity index is 496. The average molecular weight is 206 g/mol. The molecule has 4 heteroatoms. The van der Waals surface area contributed by atoms with Crippen molar-refractivity contribution >= 4 is 12.2 Å². The summed E-state index contributed by atoms with van der Waals surface area (Å²) < 4.78 is 2.53. The van der Waals surface area contributed by atoms with E-state index in [1.54, 1.807) is 28.9 Å². The molecule has 1 heterocycles. The molecule has 0 amide bonds. The fourth-order valence-electron chi connectivity index (χ4n) is 1.31. The molecule has 1 aromatic carbocycles. The summed E-state index contributed by atoms with van der Waals surface area (Å²) in [6.45, 7) is 1.95. The van der Waals surface area contributed by atoms with Gasteiger partial charge < -0.3 is 5.11 Å². The van der Waals surface area contributed by atoms with E-state index in [9.17, 15) is 0 Å². The fourth-order valence-corrected chi connectivity index (χ4v) is 1.63. The molecule has 2 aromatic rings. The van der Waals surface area contributed by atoms with Crippen molar-refractivity contribution in [2.24, 2.45) is 0 Å². The largest absolute Gasteiger partial charge is 0.508 e. The number of nitrogens with one attached hydrogen (secondary N) is 1. The van der Waals surface area contributed by atoms with E-state index in [0.717, 1.165) is 16.0 Å². The van der Waals surface area contributed by atoms with Crippen molar-refractivity contribution in [3.8, 4) is 11.4 Å². The van der Waals surface area contributed by atoms with Crippen molar-refractivity contribution in [2.45, 2.75) is 6.92 Å². The molecule has 14 heavy (non-hydrogen) atoms. The smallest absolute Gasteiger partial charge is 0.127 e. The van der Waals surface area contributed by atoms with Crippen LogP contribution >= 0.6 is 12.2 Å². The van der Waals surface area contributed by atoms with E-state index in [4.69, 9.17) is 17.3 Å². The van der Waals surface area contributed by atoms with Crippen LogP contribution in [0.3, 0.4) is 0 Å². The Morgan fingerprint density at radius 2 is 1.93 bits per heavy atom. The molecule has 0 unspecified atom stereocenters. The second-order valence-corrected chi connectivity index (χ2v) is 3.55. The maximum atomic E-state index is 9.13. The highest BCUT2D eigenvalue weighted by atomic mass is 32.1. The topological polar surface area (TPSA) is 41.0 Å². The number of hydrogen-bond donors (Lipinski definition) is 2. The molecule has 0 saturated carbocycles. The third-order valence-electron chi connectivity index (χ3n) is 1.96. The zero-order valence-electron chi connectivity index (χ0n) is 7.69. The lowest BCUT2D eigenvalue weighted by Gasteiger charge is -2.02. The van der Waals surface area contributed by atoms with Crippen LogP contribution in [0.4, 0.5) is 0 Å². The molecule has 0 bridgehead atoms. The Morgan fingerprint density at radius 1 is 1.29 bits per heavy atom. The van der Waals surface area contributed by atoms with Gasteiger partial charge in [0.05, 0.1) is 5.69 Å². The monoisotopic (exact) mass is 206 g/mol. The molecule has 0 spiro atoms. The summed E-state index contributed by atoms with van der Waals surface area (Å²) in [5, 5.41) is 12.2. The number of aromatic nitrogens is 2. The number of H-pyrrole nitrogens is 1. The Kier molecular flexibility index (Phi) is 2.13. The molecule has 0 aliphatic carbocycles. The average Bonchev–Trinajstić information content (AvgIpc) is 2.47. The van der Waals surface area contributed by atoms with Gasteiger partial charge >= 0.3 is 0 Å². The quantitative estimate of drug-likeness (QED) is 0.704. The van der Waals surface area contributed by atoms with Crippen LogP contribution in [-0.2, 0) is 0 Å². The molecular formula is C10H10N2OS. The van der Waals surface area contributed by atoms with Crippen LogP contribution in [-0.4, -0.2) is 14.9 Å². The minimum absolute atomic E-state index is 0.253. The lowest BCUT2D eigenvalue weighted by molar-refractivity contribution is 0.475. The minimum atomic E-state index is 0.253. The molecular weight excluding hydrogens is 196 g/mol. The number of benzene rings is 1. The van der Waals surface area contributed by atoms with Gasteiger partial charge in [-0.15, -0.1) is 0 Å². The Labute approximate surface area is 86.6 Å². The van der Waals surface area contributed by atoms with Crippen molar-refractivity contribution in [3.05, 3.63) is 40.7 Å². The molecule has 0 aliphatic rings. The van der Waals surface area contributed by atoms with Gasteiger partial charge in [-0.2, -0.15) is 0 Å². The molecule has 0 radical (unpaired) electrons. The van der Waals surface area contributed by atoms with Gasteiger partial charge in [0.15, 0.2) is 0 Å². The predicted molar refractivity (Wildman–Crippen MR) is 57.4 cm³/mol. The van der Waals surface area contributed by atoms with Crippen molar-refractivity contribution in [2.75, 3.05) is 0 Å². The van der Waals surface area contributed by atoms with Crippen LogP contribution in [0.25, 0.3) is 5.69 Å². The van der Waals surface area contributed by atoms with Crippen molar-refractivity contribution < 1.29 is 5.11 Å². The summed E-state index contributed by atoms with van der Waals surface area (Å²) in [6, 6.07) is 8.77. The first kappa shape index (κ1) is 9.02. The molecule has 0 saturated heterocycles. The highest BCUT2D eigenvalue weighted by molar-refractivity contribution is 7.71. The molecule has 1 aromatic heterocycles. The lowest BCUT2D eigenvalue weighted by Crippen LogP contribution is -1.95. The van der Waals surface area contributed by atoms with Crippen LogP contribution < -0.4 is 0 Å². The third-order valence-corrected chi connectivity index (χ3v) is 2.26. The van der Waals surface area contributed by atoms with E-state index in [1.165, 1.54) is 0 Å². The van der Waals surface area contributed by atoms with Crippen molar-refractivity contribution in [1.29, 1.82) is 0 Å². The highest BCUT2D eigenvalue weighted by Crippen LogP contribution is 2.14. The third kappa shape index (κ3) is 1.56. The fraction of sp³-hybridized carbons (Fsp3) is 0.100. The van der Waals surface area contributed by atoms with Crippen LogP contribution in [0.2, 0.25) is 0 Å². The summed E-state index contributed by atoms with van der Waals surface area (Å²) >= 11 is 5.16. The summed E-state index contributed by atoms with van der Waals surface area (Å²) in [5.74, 6) is 0.253. The standard InChI is InChI=1S/C10H10N2OS/c1-7-6-10(14)12(11-7)8-2-4-9(13)5-3-8/h2-6,11,13H,1H3. The highest BCUT2D eigenvalue weighted by Gasteiger charge is 1.99. The second kappa shape index (κ2) is 3.31. The van der Waals surface area contributed by atoms with Crippen LogP contribution in [0.1, 0.15) is 5.69 Å². The molecule has 0 atom stereocenters. The summed E-state index contributed by atoms with van der Waals surface area (Å²) in [5.41, 5.74) is 1.93. The van der Waals surface area contributed by atoms with Crippen LogP contribution in [0.15, 0.2) is 30.3 Å². The number of phenolic OH excluding ortho intramolecular Hbond substituents is 1. The van der Waals surface area contributed by atoms with Gasteiger partial charge in [-0.3, -0.25) is 5.10 Å². The number of rotatable bonds is 1. The van der Waals surface area contributed by atoms with Gasteiger partial charge in [-0.1, -0.05) is 12.2 Å². The number of aromatic amines is 1. The zero-order valence-corrected chi connectivity index (χ0v) is 8.51. The number of hydrogen-bond acceptors (Lipinski definition) is 2. The van der Waals surface area contributed by atoms with Crippen molar-refractivity contribution in [3.63, 3.8) is 0 Å². The maximum absolute atomic E-state index is 9.13. The normalized spacial score (nSPS) is 10.4. The van der Waals surface area contributed by atoms with Gasteiger partial charge in [0, 0.05) is 5.69 Å². The van der Waals surface area contributed by atoms with Gasteiger partial charge in [0.25, 0.3) is 0 Å². The van der Waals surface area contributed by atoms with E-state index in [2.05, 4.69) is 5.10 Å². The van der Waals surface area contributed by atoms with Gasteiger partial charge in [0.1, 0.15) is 10.4 Å². The van der Waals surface area contributed by atoms with E-state index < -0.39 is 0 Å². The van der Waals surface area contributed by atoms with E-state index >= 15 is 0 Å². The molecule has 2 N–H and O–H groups in total. The summed E-state index contributed by atoms with van der Waals surface area (Å²) in [6.07, 6.45) is 0. The lowest BCUT2D eigenvalue weighted by atomic mass is 10.3. The Balaban J connectivity index is 2.54. The second-order valence-electron chi connectivity index (χ2n) is 3.13. The maximum Gasteiger partial charge on any atom is 0.127 e. The first-order valence-corrected chi connectivity index (χ1v) is 4.66. The van der Waals surface area contributed by atoms with E-state index in [0.29, 0.717) is 0 Å². The SMILES string of the molecule is Cc1cc(=S)n(-c2ccc(O)cc2)[nH]1. The molecule has 3 nitrogen and oxygen atoms in total. The first-order valence-electron chi connectivity index (χ1n) is 4.25. The predicted octanol–water partition coefficient (Wildman–Crippen LogP) is 2.55. The summed E-state index contributed by atoms with van der Waals surface area (Å²) in [4.78, 5) is 0. The Hall–Kier alpha value is -1.55. The molecule has 2 rings (SSSR count). The number of aromatic hydroxyl groups is 1. The van der Waals surface area contributed by atoms with E-state index in [1.807, 2.05) is 13.0 Å². The van der Waals surface area contributed by atoms with Crippen molar-refractivity contribution in [1.82, 2.24) is 9.78 Å². The first-order chi connectivity index (χ1) is 6.66. The molecule has 0 aliphatic heterocycles. The summed E-state index contributed by atoms with van der Waals surface area (Å²) in [7, 11) is 0. The van der Waals surface area contributed by atoms with Crippen LogP contribution in [0, 0.1) is 11.6 Å². The molecule has 72 valence electrons. The number of phenols is 1. The Morgan fingerprint density at radius 3 is 2.43 bits per heavy atom. The van der Waals surface area contributed by atoms with E-state index in [-0.39, 0.29) is 5.75 Å². The zero-order chi connectivity index (χ0) is 10.1. The number of nitrogens with zero attached hydrogens (tertiary/aromatic N) is 1. The number of aryl methyl sites for hydroxylation is 1. The minimum Gasteiger partial charge on any atom is -0.508 e.